The quantitative estimate of drug-likeness (QED) is 0.269. The lowest BCUT2D eigenvalue weighted by atomic mass is 10.1. The molecule has 1 aliphatic rings. The van der Waals surface area contributed by atoms with Crippen molar-refractivity contribution in [2.45, 2.75) is 13.3 Å². The van der Waals surface area contributed by atoms with Gasteiger partial charge in [0.05, 0.1) is 18.6 Å². The van der Waals surface area contributed by atoms with E-state index in [0.29, 0.717) is 22.6 Å². The summed E-state index contributed by atoms with van der Waals surface area (Å²) < 4.78 is 15.7. The summed E-state index contributed by atoms with van der Waals surface area (Å²) >= 11 is 0. The van der Waals surface area contributed by atoms with Crippen molar-refractivity contribution in [1.29, 1.82) is 0 Å². The van der Waals surface area contributed by atoms with E-state index in [0.717, 1.165) is 5.56 Å². The summed E-state index contributed by atoms with van der Waals surface area (Å²) in [5.41, 5.74) is 2.39. The van der Waals surface area contributed by atoms with E-state index in [9.17, 15) is 19.2 Å². The van der Waals surface area contributed by atoms with Gasteiger partial charge >= 0.3 is 11.9 Å². The number of esters is 2. The van der Waals surface area contributed by atoms with E-state index < -0.39 is 30.2 Å². The number of methoxy groups -OCH3 is 1. The van der Waals surface area contributed by atoms with Crippen LogP contribution >= 0.6 is 0 Å². The fraction of sp³-hybridized carbons (Fsp3) is 0.214. The Balaban J connectivity index is 1.29. The van der Waals surface area contributed by atoms with Crippen LogP contribution in [0.25, 0.3) is 0 Å². The van der Waals surface area contributed by atoms with Crippen LogP contribution in [0.1, 0.15) is 32.7 Å². The molecule has 1 fully saturated rings. The van der Waals surface area contributed by atoms with Gasteiger partial charge in [0.15, 0.2) is 12.4 Å². The highest BCUT2D eigenvalue weighted by Crippen LogP contribution is 2.28. The fourth-order valence-corrected chi connectivity index (χ4v) is 3.80. The molecule has 8 heteroatoms. The van der Waals surface area contributed by atoms with Gasteiger partial charge in [0.1, 0.15) is 11.5 Å². The number of ether oxygens (including phenoxy) is 3. The summed E-state index contributed by atoms with van der Waals surface area (Å²) in [5, 5.41) is 0. The molecule has 3 aromatic carbocycles. The summed E-state index contributed by atoms with van der Waals surface area (Å²) in [5.74, 6) is -1.49. The summed E-state index contributed by atoms with van der Waals surface area (Å²) in [6.07, 6.45) is 0.00524. The first-order chi connectivity index (χ1) is 17.3. The third-order valence-electron chi connectivity index (χ3n) is 5.84. The first kappa shape index (κ1) is 24.7. The molecule has 36 heavy (non-hydrogen) atoms. The lowest BCUT2D eigenvalue weighted by Gasteiger charge is -2.17. The molecule has 0 bridgehead atoms. The molecule has 1 aliphatic heterocycles. The summed E-state index contributed by atoms with van der Waals surface area (Å²) in [7, 11) is 1.54. The molecule has 1 heterocycles. The van der Waals surface area contributed by atoms with E-state index in [2.05, 4.69) is 0 Å². The predicted molar refractivity (Wildman–Crippen MR) is 131 cm³/mol. The number of rotatable bonds is 8. The Morgan fingerprint density at radius 3 is 2.31 bits per heavy atom. The third-order valence-corrected chi connectivity index (χ3v) is 5.84. The molecular formula is C28H25NO7. The van der Waals surface area contributed by atoms with Gasteiger partial charge in [0.25, 0.3) is 0 Å². The highest BCUT2D eigenvalue weighted by molar-refractivity contribution is 6.01. The summed E-state index contributed by atoms with van der Waals surface area (Å²) in [4.78, 5) is 51.2. The van der Waals surface area contributed by atoms with E-state index in [-0.39, 0.29) is 24.6 Å². The zero-order valence-electron chi connectivity index (χ0n) is 19.9. The number of hydrogen-bond donors (Lipinski definition) is 0. The summed E-state index contributed by atoms with van der Waals surface area (Å²) in [6.45, 7) is 1.64. The van der Waals surface area contributed by atoms with Crippen molar-refractivity contribution in [1.82, 2.24) is 0 Å². The van der Waals surface area contributed by atoms with Gasteiger partial charge in [0, 0.05) is 30.3 Å². The third kappa shape index (κ3) is 5.78. The maximum atomic E-state index is 12.5. The van der Waals surface area contributed by atoms with Gasteiger partial charge < -0.3 is 19.1 Å². The number of ketones is 1. The smallest absolute Gasteiger partial charge is 0.343 e. The van der Waals surface area contributed by atoms with Crippen molar-refractivity contribution in [3.63, 3.8) is 0 Å². The molecule has 3 aromatic rings. The van der Waals surface area contributed by atoms with Crippen molar-refractivity contribution in [2.75, 3.05) is 25.2 Å². The molecule has 8 nitrogen and oxygen atoms in total. The second-order valence-electron chi connectivity index (χ2n) is 8.42. The molecule has 184 valence electrons. The van der Waals surface area contributed by atoms with Gasteiger partial charge in [-0.25, -0.2) is 4.79 Å². The molecule has 0 N–H and O–H groups in total. The number of nitrogens with zero attached hydrogens (tertiary/aromatic N) is 1. The Hall–Kier alpha value is -4.46. The number of carbonyl (C=O) groups excluding carboxylic acids is 4. The fourth-order valence-electron chi connectivity index (χ4n) is 3.80. The largest absolute Gasteiger partial charge is 0.497 e. The SMILES string of the molecule is COc1cccc(N2C[C@H](C(=O)OCC(=O)c3ccc(OC(=O)c4ccc(C)cc4)cc3)CC2=O)c1. The predicted octanol–water partition coefficient (Wildman–Crippen LogP) is 4.00. The van der Waals surface area contributed by atoms with Crippen LogP contribution in [0.3, 0.4) is 0 Å². The first-order valence-electron chi connectivity index (χ1n) is 11.4. The topological polar surface area (TPSA) is 99.2 Å². The second kappa shape index (κ2) is 10.9. The van der Waals surface area contributed by atoms with Crippen LogP contribution in [-0.4, -0.2) is 43.9 Å². The van der Waals surface area contributed by atoms with E-state index in [1.807, 2.05) is 19.1 Å². The molecule has 0 spiro atoms. The van der Waals surface area contributed by atoms with Crippen LogP contribution in [0.5, 0.6) is 11.5 Å². The number of benzene rings is 3. The zero-order valence-corrected chi connectivity index (χ0v) is 19.9. The van der Waals surface area contributed by atoms with Crippen LogP contribution in [0, 0.1) is 12.8 Å². The lowest BCUT2D eigenvalue weighted by Crippen LogP contribution is -2.27. The van der Waals surface area contributed by atoms with Crippen molar-refractivity contribution in [3.8, 4) is 11.5 Å². The van der Waals surface area contributed by atoms with Crippen LogP contribution in [0.4, 0.5) is 5.69 Å². The Bertz CT molecular complexity index is 1280. The van der Waals surface area contributed by atoms with Crippen molar-refractivity contribution < 1.29 is 33.4 Å². The lowest BCUT2D eigenvalue weighted by molar-refractivity contribution is -0.147. The van der Waals surface area contributed by atoms with E-state index in [1.165, 1.54) is 36.3 Å². The Morgan fingerprint density at radius 1 is 0.917 bits per heavy atom. The average Bonchev–Trinajstić information content (AvgIpc) is 3.29. The number of Topliss-reactive ketones (excluding diaryl/α,β-unsaturated/α-hetero) is 1. The molecule has 0 saturated carbocycles. The highest BCUT2D eigenvalue weighted by Gasteiger charge is 2.36. The van der Waals surface area contributed by atoms with Gasteiger partial charge in [-0.05, 0) is 55.5 Å². The highest BCUT2D eigenvalue weighted by atomic mass is 16.5. The standard InChI is InChI=1S/C28H25NO7/c1-18-6-8-20(9-7-18)28(33)36-23-12-10-19(11-13-23)25(30)17-35-27(32)21-14-26(31)29(16-21)22-4-3-5-24(15-22)34-2/h3-13,15,21H,14,16-17H2,1-2H3/t21-/m1/s1. The molecular weight excluding hydrogens is 462 g/mol. The molecule has 0 radical (unpaired) electrons. The normalized spacial score (nSPS) is 14.9. The van der Waals surface area contributed by atoms with Crippen LogP contribution in [0.2, 0.25) is 0 Å². The molecule has 4 rings (SSSR count). The van der Waals surface area contributed by atoms with Gasteiger partial charge in [-0.3, -0.25) is 14.4 Å². The monoisotopic (exact) mass is 487 g/mol. The number of aryl methyl sites for hydroxylation is 1. The Labute approximate surface area is 208 Å². The summed E-state index contributed by atoms with van der Waals surface area (Å²) in [6, 6.07) is 20.0. The Kier molecular flexibility index (Phi) is 7.44. The maximum absolute atomic E-state index is 12.5. The van der Waals surface area contributed by atoms with Gasteiger partial charge in [-0.1, -0.05) is 23.8 Å². The average molecular weight is 488 g/mol. The van der Waals surface area contributed by atoms with Crippen molar-refractivity contribution in [3.05, 3.63) is 89.5 Å². The maximum Gasteiger partial charge on any atom is 0.343 e. The Morgan fingerprint density at radius 2 is 1.61 bits per heavy atom. The molecule has 0 aliphatic carbocycles. The van der Waals surface area contributed by atoms with Crippen molar-refractivity contribution in [2.24, 2.45) is 5.92 Å². The number of amides is 1. The number of hydrogen-bond acceptors (Lipinski definition) is 7. The minimum atomic E-state index is -0.667. The van der Waals surface area contributed by atoms with E-state index >= 15 is 0 Å². The van der Waals surface area contributed by atoms with Crippen LogP contribution in [0.15, 0.2) is 72.8 Å². The van der Waals surface area contributed by atoms with E-state index in [1.54, 1.807) is 36.4 Å². The van der Waals surface area contributed by atoms with Crippen molar-refractivity contribution >= 4 is 29.3 Å². The number of anilines is 1. The van der Waals surface area contributed by atoms with Crippen LogP contribution in [-0.2, 0) is 14.3 Å². The van der Waals surface area contributed by atoms with Gasteiger partial charge in [0.2, 0.25) is 5.91 Å². The molecule has 0 aromatic heterocycles. The zero-order chi connectivity index (χ0) is 25.7. The van der Waals surface area contributed by atoms with Gasteiger partial charge in [-0.2, -0.15) is 0 Å². The minimum absolute atomic E-state index is 0.00524. The minimum Gasteiger partial charge on any atom is -0.497 e. The molecule has 0 unspecified atom stereocenters. The van der Waals surface area contributed by atoms with Gasteiger partial charge in [-0.15, -0.1) is 0 Å². The second-order valence-corrected chi connectivity index (χ2v) is 8.42. The number of carbonyl (C=O) groups is 4. The van der Waals surface area contributed by atoms with Crippen LogP contribution < -0.4 is 14.4 Å². The molecule has 1 saturated heterocycles. The first-order valence-corrected chi connectivity index (χ1v) is 11.4. The molecule has 1 atom stereocenters. The van der Waals surface area contributed by atoms with E-state index in [4.69, 9.17) is 14.2 Å². The molecule has 1 amide bonds.